The van der Waals surface area contributed by atoms with Crippen LogP contribution in [0.25, 0.3) is 11.1 Å². The molecule has 0 aliphatic rings. The van der Waals surface area contributed by atoms with Crippen molar-refractivity contribution < 1.29 is 22.3 Å². The van der Waals surface area contributed by atoms with Crippen LogP contribution in [-0.4, -0.2) is 6.36 Å². The van der Waals surface area contributed by atoms with Gasteiger partial charge in [0.25, 0.3) is 0 Å². The van der Waals surface area contributed by atoms with Gasteiger partial charge >= 0.3 is 6.36 Å². The van der Waals surface area contributed by atoms with Gasteiger partial charge in [0.15, 0.2) is 0 Å². The summed E-state index contributed by atoms with van der Waals surface area (Å²) in [6.07, 6.45) is -4.83. The number of alkyl halides is 3. The van der Waals surface area contributed by atoms with E-state index in [9.17, 15) is 17.6 Å². The molecule has 0 aromatic heterocycles. The molecule has 0 radical (unpaired) electrons. The van der Waals surface area contributed by atoms with E-state index in [0.29, 0.717) is 0 Å². The number of rotatable bonds is 2. The SMILES string of the molecule is Nc1ccc(OC(F)(F)F)cc1-c1cccc(Cl)c1F. The molecule has 0 aliphatic heterocycles. The lowest BCUT2D eigenvalue weighted by atomic mass is 10.0. The minimum absolute atomic E-state index is 0.00243. The minimum atomic E-state index is -4.83. The average Bonchev–Trinajstić information content (AvgIpc) is 2.34. The molecular weight excluding hydrogens is 298 g/mol. The van der Waals surface area contributed by atoms with E-state index in [1.807, 2.05) is 0 Å². The van der Waals surface area contributed by atoms with Crippen LogP contribution in [0.4, 0.5) is 23.2 Å². The van der Waals surface area contributed by atoms with E-state index in [2.05, 4.69) is 4.74 Å². The van der Waals surface area contributed by atoms with Crippen molar-refractivity contribution in [1.82, 2.24) is 0 Å². The molecule has 0 bridgehead atoms. The number of benzene rings is 2. The van der Waals surface area contributed by atoms with Crippen molar-refractivity contribution in [2.75, 3.05) is 5.73 Å². The second-order valence-electron chi connectivity index (χ2n) is 3.90. The van der Waals surface area contributed by atoms with Gasteiger partial charge in [-0.25, -0.2) is 4.39 Å². The summed E-state index contributed by atoms with van der Waals surface area (Å²) in [4.78, 5) is 0. The molecule has 7 heteroatoms. The first-order valence-electron chi connectivity index (χ1n) is 5.37. The third kappa shape index (κ3) is 3.14. The summed E-state index contributed by atoms with van der Waals surface area (Å²) in [6.45, 7) is 0. The average molecular weight is 306 g/mol. The largest absolute Gasteiger partial charge is 0.573 e. The smallest absolute Gasteiger partial charge is 0.406 e. The molecule has 2 N–H and O–H groups in total. The van der Waals surface area contributed by atoms with Crippen molar-refractivity contribution >= 4 is 17.3 Å². The molecule has 0 fully saturated rings. The van der Waals surface area contributed by atoms with Crippen LogP contribution in [0, 0.1) is 5.82 Å². The molecule has 0 spiro atoms. The van der Waals surface area contributed by atoms with Crippen LogP contribution in [0.5, 0.6) is 5.75 Å². The standard InChI is InChI=1S/C13H8ClF4NO/c14-10-3-1-2-8(12(10)15)9-6-7(4-5-11(9)19)20-13(16,17)18/h1-6H,19H2. The van der Waals surface area contributed by atoms with Crippen molar-refractivity contribution in [3.05, 3.63) is 47.2 Å². The van der Waals surface area contributed by atoms with Crippen molar-refractivity contribution in [2.24, 2.45) is 0 Å². The van der Waals surface area contributed by atoms with Gasteiger partial charge in [-0.3, -0.25) is 0 Å². The normalized spacial score (nSPS) is 11.4. The zero-order chi connectivity index (χ0) is 14.9. The van der Waals surface area contributed by atoms with E-state index in [0.717, 1.165) is 12.1 Å². The van der Waals surface area contributed by atoms with Crippen molar-refractivity contribution in [3.8, 4) is 16.9 Å². The highest BCUT2D eigenvalue weighted by atomic mass is 35.5. The lowest BCUT2D eigenvalue weighted by Gasteiger charge is -2.12. The van der Waals surface area contributed by atoms with E-state index >= 15 is 0 Å². The Morgan fingerprint density at radius 1 is 1.05 bits per heavy atom. The van der Waals surface area contributed by atoms with Crippen LogP contribution in [0.15, 0.2) is 36.4 Å². The van der Waals surface area contributed by atoms with Crippen LogP contribution >= 0.6 is 11.6 Å². The number of nitrogen functional groups attached to an aromatic ring is 1. The van der Waals surface area contributed by atoms with Gasteiger partial charge in [0, 0.05) is 16.8 Å². The quantitative estimate of drug-likeness (QED) is 0.648. The first-order valence-corrected chi connectivity index (χ1v) is 5.75. The molecule has 0 atom stereocenters. The van der Waals surface area contributed by atoms with E-state index < -0.39 is 17.9 Å². The molecule has 20 heavy (non-hydrogen) atoms. The number of nitrogens with two attached hydrogens (primary N) is 1. The number of anilines is 1. The molecule has 0 unspecified atom stereocenters. The lowest BCUT2D eigenvalue weighted by Crippen LogP contribution is -2.17. The second-order valence-corrected chi connectivity index (χ2v) is 4.31. The van der Waals surface area contributed by atoms with Crippen LogP contribution in [0.1, 0.15) is 0 Å². The van der Waals surface area contributed by atoms with Gasteiger partial charge in [-0.05, 0) is 24.3 Å². The highest BCUT2D eigenvalue weighted by Gasteiger charge is 2.31. The predicted octanol–water partition coefficient (Wildman–Crippen LogP) is 4.63. The van der Waals surface area contributed by atoms with Gasteiger partial charge < -0.3 is 10.5 Å². The third-order valence-electron chi connectivity index (χ3n) is 2.50. The molecule has 0 saturated carbocycles. The van der Waals surface area contributed by atoms with Crippen LogP contribution in [0.2, 0.25) is 5.02 Å². The lowest BCUT2D eigenvalue weighted by molar-refractivity contribution is -0.274. The molecule has 106 valence electrons. The first kappa shape index (κ1) is 14.5. The number of hydrogen-bond donors (Lipinski definition) is 1. The topological polar surface area (TPSA) is 35.2 Å². The number of hydrogen-bond acceptors (Lipinski definition) is 2. The molecule has 0 amide bonds. The molecule has 2 aromatic rings. The summed E-state index contributed by atoms with van der Waals surface area (Å²) < 4.78 is 54.2. The van der Waals surface area contributed by atoms with Gasteiger partial charge in [0.2, 0.25) is 0 Å². The van der Waals surface area contributed by atoms with Crippen LogP contribution in [0.3, 0.4) is 0 Å². The van der Waals surface area contributed by atoms with Gasteiger partial charge in [-0.1, -0.05) is 23.7 Å². The summed E-state index contributed by atoms with van der Waals surface area (Å²) in [6, 6.07) is 7.43. The number of halogens is 5. The molecule has 2 rings (SSSR count). The molecule has 0 heterocycles. The maximum absolute atomic E-state index is 13.9. The summed E-state index contributed by atoms with van der Waals surface area (Å²) >= 11 is 5.64. The fraction of sp³-hybridized carbons (Fsp3) is 0.0769. The first-order chi connectivity index (χ1) is 9.28. The zero-order valence-corrected chi connectivity index (χ0v) is 10.6. The van der Waals surface area contributed by atoms with Gasteiger partial charge in [0.05, 0.1) is 5.02 Å². The van der Waals surface area contributed by atoms with E-state index in [1.165, 1.54) is 24.3 Å². The van der Waals surface area contributed by atoms with Gasteiger partial charge in [-0.2, -0.15) is 0 Å². The Labute approximate surface area is 116 Å². The van der Waals surface area contributed by atoms with E-state index in [4.69, 9.17) is 17.3 Å². The van der Waals surface area contributed by atoms with Crippen molar-refractivity contribution in [1.29, 1.82) is 0 Å². The van der Waals surface area contributed by atoms with Crippen molar-refractivity contribution in [2.45, 2.75) is 6.36 Å². The Morgan fingerprint density at radius 3 is 2.40 bits per heavy atom. The molecule has 2 nitrogen and oxygen atoms in total. The van der Waals surface area contributed by atoms with E-state index in [1.54, 1.807) is 0 Å². The summed E-state index contributed by atoms with van der Waals surface area (Å²) in [5.41, 5.74) is 5.85. The van der Waals surface area contributed by atoms with Gasteiger partial charge in [-0.15, -0.1) is 13.2 Å². The molecule has 0 aliphatic carbocycles. The second kappa shape index (κ2) is 5.20. The highest BCUT2D eigenvalue weighted by Crippen LogP contribution is 2.35. The Balaban J connectivity index is 2.51. The Morgan fingerprint density at radius 2 is 1.75 bits per heavy atom. The Hall–Kier alpha value is -1.95. The maximum Gasteiger partial charge on any atom is 0.573 e. The minimum Gasteiger partial charge on any atom is -0.406 e. The summed E-state index contributed by atoms with van der Waals surface area (Å²) in [5.74, 6) is -1.24. The fourth-order valence-electron chi connectivity index (χ4n) is 1.68. The Bertz CT molecular complexity index is 643. The maximum atomic E-state index is 13.9. The summed E-state index contributed by atoms with van der Waals surface area (Å²) in [7, 11) is 0. The van der Waals surface area contributed by atoms with Crippen molar-refractivity contribution in [3.63, 3.8) is 0 Å². The number of ether oxygens (including phenoxy) is 1. The molecule has 2 aromatic carbocycles. The fourth-order valence-corrected chi connectivity index (χ4v) is 1.85. The zero-order valence-electron chi connectivity index (χ0n) is 9.84. The predicted molar refractivity (Wildman–Crippen MR) is 67.9 cm³/mol. The third-order valence-corrected chi connectivity index (χ3v) is 2.79. The van der Waals surface area contributed by atoms with Crippen LogP contribution in [-0.2, 0) is 0 Å². The van der Waals surface area contributed by atoms with Crippen LogP contribution < -0.4 is 10.5 Å². The summed E-state index contributed by atoms with van der Waals surface area (Å²) in [5, 5.41) is -0.149. The Kier molecular flexibility index (Phi) is 3.76. The van der Waals surface area contributed by atoms with Gasteiger partial charge in [0.1, 0.15) is 11.6 Å². The van der Waals surface area contributed by atoms with E-state index in [-0.39, 0.29) is 21.8 Å². The highest BCUT2D eigenvalue weighted by molar-refractivity contribution is 6.31. The molecule has 0 saturated heterocycles. The molecular formula is C13H8ClF4NO. The monoisotopic (exact) mass is 305 g/mol.